The minimum Gasteiger partial charge on any atom is -0.377 e. The van der Waals surface area contributed by atoms with Crippen LogP contribution in [0.3, 0.4) is 0 Å². The molecule has 0 fully saturated rings. The van der Waals surface area contributed by atoms with E-state index in [1.807, 2.05) is 6.92 Å². The van der Waals surface area contributed by atoms with Gasteiger partial charge in [-0.3, -0.25) is 0 Å². The van der Waals surface area contributed by atoms with Gasteiger partial charge < -0.3 is 5.11 Å². The Bertz CT molecular complexity index is 125. The third kappa shape index (κ3) is 3.45. The third-order valence-corrected chi connectivity index (χ3v) is 0.667. The molecule has 0 bridgehead atoms. The fraction of sp³-hybridized carbons (Fsp3) is 0.429. The van der Waals surface area contributed by atoms with Crippen molar-refractivity contribution in [1.29, 1.82) is 0 Å². The summed E-state index contributed by atoms with van der Waals surface area (Å²) in [6, 6.07) is 0. The Morgan fingerprint density at radius 1 is 1.62 bits per heavy atom. The van der Waals surface area contributed by atoms with Crippen LogP contribution in [0.2, 0.25) is 0 Å². The highest BCUT2D eigenvalue weighted by Gasteiger charge is 1.84. The highest BCUT2D eigenvalue weighted by molar-refractivity contribution is 5.09. The quantitative estimate of drug-likeness (QED) is 0.393. The highest BCUT2D eigenvalue weighted by atomic mass is 16.3. The van der Waals surface area contributed by atoms with E-state index in [1.54, 1.807) is 19.1 Å². The second-order valence-electron chi connectivity index (χ2n) is 1.36. The number of rotatable bonds is 1. The van der Waals surface area contributed by atoms with Gasteiger partial charge in [0.25, 0.3) is 0 Å². The van der Waals surface area contributed by atoms with Crippen LogP contribution >= 0.6 is 0 Å². The van der Waals surface area contributed by atoms with Gasteiger partial charge in [-0.25, -0.2) is 0 Å². The molecule has 0 saturated carbocycles. The van der Waals surface area contributed by atoms with E-state index in [2.05, 4.69) is 11.8 Å². The largest absolute Gasteiger partial charge is 0.377 e. The minimum absolute atomic E-state index is 0.579. The molecule has 0 aromatic carbocycles. The topological polar surface area (TPSA) is 20.2 Å². The van der Waals surface area contributed by atoms with Gasteiger partial charge in [0.15, 0.2) is 0 Å². The van der Waals surface area contributed by atoms with Crippen LogP contribution in [0.15, 0.2) is 12.2 Å². The average Bonchev–Trinajstić information content (AvgIpc) is 1.68. The summed E-state index contributed by atoms with van der Waals surface area (Å²) in [7, 11) is 0. The molecule has 0 aromatic heterocycles. The van der Waals surface area contributed by atoms with Crippen molar-refractivity contribution in [1.82, 2.24) is 0 Å². The van der Waals surface area contributed by atoms with Crippen LogP contribution in [0.5, 0.6) is 0 Å². The third-order valence-electron chi connectivity index (χ3n) is 0.667. The molecular formula is C7H10O. The molecular weight excluding hydrogens is 100 g/mol. The van der Waals surface area contributed by atoms with Gasteiger partial charge in [0.1, 0.15) is 6.10 Å². The molecule has 0 amide bonds. The molecule has 0 aliphatic carbocycles. The number of hydrogen-bond donors (Lipinski definition) is 1. The van der Waals surface area contributed by atoms with Crippen molar-refractivity contribution in [2.24, 2.45) is 0 Å². The Hall–Kier alpha value is -0.740. The molecule has 0 aliphatic rings. The minimum atomic E-state index is -0.579. The molecule has 0 radical (unpaired) electrons. The maximum Gasteiger partial charge on any atom is 0.133 e. The molecule has 1 atom stereocenters. The van der Waals surface area contributed by atoms with Crippen molar-refractivity contribution in [3.8, 4) is 11.8 Å². The molecule has 1 unspecified atom stereocenters. The van der Waals surface area contributed by atoms with Crippen LogP contribution in [0, 0.1) is 11.8 Å². The van der Waals surface area contributed by atoms with Crippen LogP contribution in [-0.4, -0.2) is 11.2 Å². The van der Waals surface area contributed by atoms with Gasteiger partial charge in [-0.2, -0.15) is 0 Å². The molecule has 44 valence electrons. The first kappa shape index (κ1) is 7.26. The van der Waals surface area contributed by atoms with Gasteiger partial charge in [-0.15, -0.1) is 5.92 Å². The molecule has 0 saturated heterocycles. The number of allylic oxidation sites excluding steroid dienone is 1. The SMILES string of the molecule is CC#CC(O)/C=C/C. The van der Waals surface area contributed by atoms with E-state index < -0.39 is 6.10 Å². The van der Waals surface area contributed by atoms with Crippen LogP contribution in [-0.2, 0) is 0 Å². The fourth-order valence-electron chi connectivity index (χ4n) is 0.378. The lowest BCUT2D eigenvalue weighted by molar-refractivity contribution is 0.280. The van der Waals surface area contributed by atoms with Gasteiger partial charge in [0, 0.05) is 0 Å². The summed E-state index contributed by atoms with van der Waals surface area (Å²) < 4.78 is 0. The van der Waals surface area contributed by atoms with Crippen molar-refractivity contribution < 1.29 is 5.11 Å². The molecule has 0 aliphatic heterocycles. The predicted molar refractivity (Wildman–Crippen MR) is 34.3 cm³/mol. The molecule has 1 N–H and O–H groups in total. The van der Waals surface area contributed by atoms with E-state index in [4.69, 9.17) is 5.11 Å². The predicted octanol–water partition coefficient (Wildman–Crippen LogP) is 0.947. The second kappa shape index (κ2) is 4.42. The Morgan fingerprint density at radius 3 is 2.62 bits per heavy atom. The van der Waals surface area contributed by atoms with Gasteiger partial charge in [0.05, 0.1) is 0 Å². The fourth-order valence-corrected chi connectivity index (χ4v) is 0.378. The standard InChI is InChI=1S/C7H10O/c1-3-5-7(8)6-4-2/h3,5,7-8H,1-2H3/b5-3+. The highest BCUT2D eigenvalue weighted by Crippen LogP contribution is 1.80. The molecule has 0 heterocycles. The van der Waals surface area contributed by atoms with Crippen LogP contribution in [0.25, 0.3) is 0 Å². The van der Waals surface area contributed by atoms with Crippen LogP contribution in [0.1, 0.15) is 13.8 Å². The maximum absolute atomic E-state index is 8.79. The molecule has 1 heteroatoms. The lowest BCUT2D eigenvalue weighted by Gasteiger charge is -1.88. The molecule has 0 spiro atoms. The van der Waals surface area contributed by atoms with Gasteiger partial charge in [-0.05, 0) is 19.9 Å². The first-order valence-corrected chi connectivity index (χ1v) is 2.54. The lowest BCUT2D eigenvalue weighted by atomic mass is 10.3. The second-order valence-corrected chi connectivity index (χ2v) is 1.36. The summed E-state index contributed by atoms with van der Waals surface area (Å²) in [4.78, 5) is 0. The number of hydrogen-bond acceptors (Lipinski definition) is 1. The summed E-state index contributed by atoms with van der Waals surface area (Å²) >= 11 is 0. The van der Waals surface area contributed by atoms with Crippen molar-refractivity contribution in [2.75, 3.05) is 0 Å². The Morgan fingerprint density at radius 2 is 2.25 bits per heavy atom. The first-order chi connectivity index (χ1) is 3.81. The summed E-state index contributed by atoms with van der Waals surface area (Å²) in [5.41, 5.74) is 0. The Balaban J connectivity index is 3.59. The van der Waals surface area contributed by atoms with E-state index in [9.17, 15) is 0 Å². The number of aliphatic hydroxyl groups is 1. The van der Waals surface area contributed by atoms with Crippen LogP contribution < -0.4 is 0 Å². The van der Waals surface area contributed by atoms with E-state index in [1.165, 1.54) is 0 Å². The van der Waals surface area contributed by atoms with E-state index >= 15 is 0 Å². The zero-order chi connectivity index (χ0) is 6.41. The smallest absolute Gasteiger partial charge is 0.133 e. The van der Waals surface area contributed by atoms with Gasteiger partial charge in [0.2, 0.25) is 0 Å². The summed E-state index contributed by atoms with van der Waals surface area (Å²) in [6.45, 7) is 3.55. The first-order valence-electron chi connectivity index (χ1n) is 2.54. The molecule has 1 nitrogen and oxygen atoms in total. The monoisotopic (exact) mass is 110 g/mol. The van der Waals surface area contributed by atoms with Crippen LogP contribution in [0.4, 0.5) is 0 Å². The van der Waals surface area contributed by atoms with Gasteiger partial charge >= 0.3 is 0 Å². The lowest BCUT2D eigenvalue weighted by Crippen LogP contribution is -1.95. The summed E-state index contributed by atoms with van der Waals surface area (Å²) in [5.74, 6) is 5.17. The van der Waals surface area contributed by atoms with Crippen molar-refractivity contribution in [2.45, 2.75) is 20.0 Å². The maximum atomic E-state index is 8.79. The Kier molecular flexibility index (Phi) is 4.01. The average molecular weight is 110 g/mol. The molecule has 0 rings (SSSR count). The summed E-state index contributed by atoms with van der Waals surface area (Å²) in [6.07, 6.45) is 2.83. The molecule has 0 aromatic rings. The summed E-state index contributed by atoms with van der Waals surface area (Å²) in [5, 5.41) is 8.79. The molecule has 8 heavy (non-hydrogen) atoms. The van der Waals surface area contributed by atoms with Crippen molar-refractivity contribution >= 4 is 0 Å². The van der Waals surface area contributed by atoms with Gasteiger partial charge in [-0.1, -0.05) is 12.0 Å². The van der Waals surface area contributed by atoms with Crippen molar-refractivity contribution in [3.05, 3.63) is 12.2 Å². The van der Waals surface area contributed by atoms with E-state index in [0.29, 0.717) is 0 Å². The van der Waals surface area contributed by atoms with E-state index in [0.717, 1.165) is 0 Å². The normalized spacial score (nSPS) is 12.9. The van der Waals surface area contributed by atoms with E-state index in [-0.39, 0.29) is 0 Å². The zero-order valence-corrected chi connectivity index (χ0v) is 5.18. The zero-order valence-electron chi connectivity index (χ0n) is 5.18. The number of aliphatic hydroxyl groups excluding tert-OH is 1. The Labute approximate surface area is 50.0 Å². The van der Waals surface area contributed by atoms with Crippen molar-refractivity contribution in [3.63, 3.8) is 0 Å².